The number of allylic oxidation sites excluding steroid dienone is 1. The molecule has 0 aliphatic heterocycles. The lowest BCUT2D eigenvalue weighted by atomic mass is 9.88. The first-order valence-corrected chi connectivity index (χ1v) is 5.43. The number of carbonyl (C=O) groups excluding carboxylic acids is 1. The van der Waals surface area contributed by atoms with Crippen LogP contribution in [-0.4, -0.2) is 37.1 Å². The van der Waals surface area contributed by atoms with Crippen LogP contribution in [0.3, 0.4) is 0 Å². The van der Waals surface area contributed by atoms with Crippen molar-refractivity contribution in [1.29, 1.82) is 0 Å². The van der Waals surface area contributed by atoms with Crippen LogP contribution in [0.2, 0.25) is 0 Å². The van der Waals surface area contributed by atoms with Crippen molar-refractivity contribution in [3.8, 4) is 0 Å². The van der Waals surface area contributed by atoms with Gasteiger partial charge in [-0.2, -0.15) is 0 Å². The number of hydrogen-bond acceptors (Lipinski definition) is 6. The molecule has 0 radical (unpaired) electrons. The summed E-state index contributed by atoms with van der Waals surface area (Å²) in [5.41, 5.74) is 0.249. The molecule has 19 heavy (non-hydrogen) atoms. The first-order chi connectivity index (χ1) is 8.85. The second-order valence-electron chi connectivity index (χ2n) is 4.17. The molecule has 1 atom stereocenters. The molecule has 1 aliphatic rings. The molecule has 1 aromatic rings. The Morgan fingerprint density at radius 1 is 1.05 bits per heavy atom. The Labute approximate surface area is 108 Å². The maximum Gasteiger partial charge on any atom is 0.285 e. The van der Waals surface area contributed by atoms with Crippen LogP contribution in [0.1, 0.15) is 10.4 Å². The van der Waals surface area contributed by atoms with Crippen LogP contribution in [0.4, 0.5) is 0 Å². The zero-order valence-corrected chi connectivity index (χ0v) is 9.69. The minimum Gasteiger partial charge on any atom is -0.507 e. The van der Waals surface area contributed by atoms with Crippen molar-refractivity contribution in [2.24, 2.45) is 5.92 Å². The molecule has 1 unspecified atom stereocenters. The van der Waals surface area contributed by atoms with E-state index in [0.29, 0.717) is 0 Å². The number of aliphatic hydroxyl groups excluding tert-OH is 3. The normalized spacial score (nSPS) is 22.0. The van der Waals surface area contributed by atoms with Gasteiger partial charge < -0.3 is 25.5 Å². The average molecular weight is 264 g/mol. The summed E-state index contributed by atoms with van der Waals surface area (Å²) in [6, 6.07) is 7.92. The standard InChI is InChI=1S/C13H12O6/c14-9-6-8(11(16)12(17)13(9,18)19)10(15)7-4-2-1-3-5-7/h1-6,8,14,16-19H. The third kappa shape index (κ3) is 2.07. The number of rotatable bonds is 2. The fraction of sp³-hybridized carbons (Fsp3) is 0.154. The summed E-state index contributed by atoms with van der Waals surface area (Å²) in [7, 11) is 0. The lowest BCUT2D eigenvalue weighted by molar-refractivity contribution is -0.150. The summed E-state index contributed by atoms with van der Waals surface area (Å²) in [6.45, 7) is 0. The van der Waals surface area contributed by atoms with Crippen LogP contribution in [0.15, 0.2) is 53.7 Å². The fourth-order valence-corrected chi connectivity index (χ4v) is 1.78. The summed E-state index contributed by atoms with van der Waals surface area (Å²) in [4.78, 5) is 12.1. The Morgan fingerprint density at radius 3 is 2.21 bits per heavy atom. The molecule has 6 heteroatoms. The van der Waals surface area contributed by atoms with Crippen molar-refractivity contribution < 1.29 is 30.3 Å². The summed E-state index contributed by atoms with van der Waals surface area (Å²) in [5, 5.41) is 47.1. The summed E-state index contributed by atoms with van der Waals surface area (Å²) in [5.74, 6) is -8.21. The highest BCUT2D eigenvalue weighted by Gasteiger charge is 2.44. The third-order valence-corrected chi connectivity index (χ3v) is 2.89. The van der Waals surface area contributed by atoms with Gasteiger partial charge in [0, 0.05) is 5.56 Å². The first kappa shape index (κ1) is 13.1. The molecule has 2 rings (SSSR count). The zero-order valence-electron chi connectivity index (χ0n) is 9.69. The average Bonchev–Trinajstić information content (AvgIpc) is 2.41. The molecule has 0 saturated heterocycles. The lowest BCUT2D eigenvalue weighted by Gasteiger charge is -2.27. The minimum atomic E-state index is -3.07. The van der Waals surface area contributed by atoms with Gasteiger partial charge in [-0.25, -0.2) is 0 Å². The largest absolute Gasteiger partial charge is 0.507 e. The summed E-state index contributed by atoms with van der Waals surface area (Å²) < 4.78 is 0. The van der Waals surface area contributed by atoms with Crippen molar-refractivity contribution in [2.45, 2.75) is 5.79 Å². The van der Waals surface area contributed by atoms with Gasteiger partial charge in [-0.1, -0.05) is 30.3 Å². The van der Waals surface area contributed by atoms with Gasteiger partial charge in [0.15, 0.2) is 23.1 Å². The predicted molar refractivity (Wildman–Crippen MR) is 64.4 cm³/mol. The summed E-state index contributed by atoms with van der Waals surface area (Å²) >= 11 is 0. The van der Waals surface area contributed by atoms with Crippen LogP contribution in [-0.2, 0) is 0 Å². The van der Waals surface area contributed by atoms with E-state index in [1.54, 1.807) is 18.2 Å². The minimum absolute atomic E-state index is 0.249. The van der Waals surface area contributed by atoms with Crippen molar-refractivity contribution >= 4 is 5.78 Å². The van der Waals surface area contributed by atoms with E-state index in [9.17, 15) is 30.3 Å². The molecular formula is C13H12O6. The van der Waals surface area contributed by atoms with Gasteiger partial charge in [0.25, 0.3) is 5.79 Å². The first-order valence-electron chi connectivity index (χ1n) is 5.43. The Kier molecular flexibility index (Phi) is 3.05. The van der Waals surface area contributed by atoms with Crippen molar-refractivity contribution in [3.63, 3.8) is 0 Å². The molecule has 0 amide bonds. The number of Topliss-reactive ketones (excluding diaryl/α,β-unsaturated/α-hetero) is 1. The molecule has 1 aliphatic carbocycles. The molecule has 0 spiro atoms. The maximum atomic E-state index is 12.1. The van der Waals surface area contributed by atoms with E-state index in [1.807, 2.05) is 0 Å². The molecule has 6 nitrogen and oxygen atoms in total. The highest BCUT2D eigenvalue weighted by atomic mass is 16.5. The molecular weight excluding hydrogens is 252 g/mol. The van der Waals surface area contributed by atoms with Gasteiger partial charge in [0.05, 0.1) is 0 Å². The summed E-state index contributed by atoms with van der Waals surface area (Å²) in [6.07, 6.45) is 0.782. The van der Waals surface area contributed by atoms with Gasteiger partial charge in [-0.15, -0.1) is 0 Å². The van der Waals surface area contributed by atoms with Crippen LogP contribution < -0.4 is 0 Å². The molecule has 100 valence electrons. The SMILES string of the molecule is O=C(c1ccccc1)C1C=C(O)C(O)(O)C(O)=C1O. The number of aliphatic hydroxyl groups is 5. The van der Waals surface area contributed by atoms with Crippen LogP contribution in [0.5, 0.6) is 0 Å². The van der Waals surface area contributed by atoms with Crippen molar-refractivity contribution in [2.75, 3.05) is 0 Å². The quantitative estimate of drug-likeness (QED) is 0.401. The highest BCUT2D eigenvalue weighted by Crippen LogP contribution is 2.33. The molecule has 0 fully saturated rings. The lowest BCUT2D eigenvalue weighted by Crippen LogP contribution is -2.39. The van der Waals surface area contributed by atoms with Crippen LogP contribution in [0.25, 0.3) is 0 Å². The predicted octanol–water partition coefficient (Wildman–Crippen LogP) is 0.950. The smallest absolute Gasteiger partial charge is 0.285 e. The van der Waals surface area contributed by atoms with Gasteiger partial charge >= 0.3 is 0 Å². The topological polar surface area (TPSA) is 118 Å². The van der Waals surface area contributed by atoms with E-state index >= 15 is 0 Å². The second-order valence-corrected chi connectivity index (χ2v) is 4.17. The Morgan fingerprint density at radius 2 is 1.63 bits per heavy atom. The maximum absolute atomic E-state index is 12.1. The van der Waals surface area contributed by atoms with Gasteiger partial charge in [-0.05, 0) is 6.08 Å². The second kappa shape index (κ2) is 4.42. The van der Waals surface area contributed by atoms with Crippen molar-refractivity contribution in [1.82, 2.24) is 0 Å². The Hall–Kier alpha value is -2.31. The molecule has 0 heterocycles. The molecule has 0 bridgehead atoms. The van der Waals surface area contributed by atoms with E-state index in [4.69, 9.17) is 0 Å². The molecule has 5 N–H and O–H groups in total. The van der Waals surface area contributed by atoms with Crippen LogP contribution >= 0.6 is 0 Å². The monoisotopic (exact) mass is 264 g/mol. The zero-order chi connectivity index (χ0) is 14.2. The number of benzene rings is 1. The third-order valence-electron chi connectivity index (χ3n) is 2.89. The van der Waals surface area contributed by atoms with Gasteiger partial charge in [-0.3, -0.25) is 4.79 Å². The highest BCUT2D eigenvalue weighted by molar-refractivity contribution is 6.00. The molecule has 1 aromatic carbocycles. The van der Waals surface area contributed by atoms with Crippen molar-refractivity contribution in [3.05, 3.63) is 59.2 Å². The van der Waals surface area contributed by atoms with E-state index in [1.165, 1.54) is 12.1 Å². The molecule has 0 aromatic heterocycles. The van der Waals surface area contributed by atoms with Gasteiger partial charge in [0.1, 0.15) is 5.92 Å². The van der Waals surface area contributed by atoms with Crippen LogP contribution in [0, 0.1) is 5.92 Å². The number of ketones is 1. The van der Waals surface area contributed by atoms with E-state index in [0.717, 1.165) is 6.08 Å². The Balaban J connectivity index is 2.43. The van der Waals surface area contributed by atoms with Gasteiger partial charge in [0.2, 0.25) is 0 Å². The number of carbonyl (C=O) groups is 1. The fourth-order valence-electron chi connectivity index (χ4n) is 1.78. The number of hydrogen-bond donors (Lipinski definition) is 5. The Bertz CT molecular complexity index is 570. The van der Waals surface area contributed by atoms with E-state index in [-0.39, 0.29) is 5.56 Å². The van der Waals surface area contributed by atoms with E-state index in [2.05, 4.69) is 0 Å². The molecule has 0 saturated carbocycles. The van der Waals surface area contributed by atoms with E-state index < -0.39 is 34.8 Å².